The molecule has 0 saturated heterocycles. The third-order valence-electron chi connectivity index (χ3n) is 3.63. The Morgan fingerprint density at radius 3 is 2.05 bits per heavy atom. The normalized spacial score (nSPS) is 13.2. The monoisotopic (exact) mass is 404 g/mol. The lowest BCUT2D eigenvalue weighted by atomic mass is 9.89. The minimum atomic E-state index is 0.0763. The van der Waals surface area contributed by atoms with Gasteiger partial charge in [-0.15, -0.1) is 11.3 Å². The molecule has 1 heterocycles. The molecule has 1 unspecified atom stereocenters. The second kappa shape index (κ2) is 7.04. The molecule has 0 nitrogen and oxygen atoms in total. The van der Waals surface area contributed by atoms with E-state index in [0.29, 0.717) is 11.8 Å². The molecule has 0 spiro atoms. The van der Waals surface area contributed by atoms with Crippen molar-refractivity contribution in [3.8, 4) is 0 Å². The molecule has 114 valence electrons. The summed E-state index contributed by atoms with van der Waals surface area (Å²) in [5.74, 6) is 0.996. The Balaban J connectivity index is 2.50. The summed E-state index contributed by atoms with van der Waals surface area (Å²) in [5.41, 5.74) is 5.05. The second-order valence-corrected chi connectivity index (χ2v) is 9.04. The van der Waals surface area contributed by atoms with E-state index in [1.807, 2.05) is 6.07 Å². The van der Waals surface area contributed by atoms with Crippen LogP contribution in [0.3, 0.4) is 0 Å². The topological polar surface area (TPSA) is 0 Å². The summed E-state index contributed by atoms with van der Waals surface area (Å²) in [6, 6.07) is 8.70. The van der Waals surface area contributed by atoms with E-state index in [1.54, 1.807) is 0 Å². The number of thiophene rings is 1. The molecule has 0 N–H and O–H groups in total. The highest BCUT2D eigenvalue weighted by Gasteiger charge is 2.21. The highest BCUT2D eigenvalue weighted by molar-refractivity contribution is 9.09. The quantitative estimate of drug-likeness (QED) is 0.455. The van der Waals surface area contributed by atoms with E-state index in [4.69, 9.17) is 23.2 Å². The molecule has 0 aliphatic rings. The average molecular weight is 406 g/mol. The van der Waals surface area contributed by atoms with Crippen molar-refractivity contribution < 1.29 is 0 Å². The van der Waals surface area contributed by atoms with Crippen molar-refractivity contribution in [1.29, 1.82) is 0 Å². The number of alkyl halides is 1. The van der Waals surface area contributed by atoms with Crippen molar-refractivity contribution >= 4 is 50.5 Å². The molecule has 2 aromatic rings. The minimum absolute atomic E-state index is 0.0763. The van der Waals surface area contributed by atoms with Crippen molar-refractivity contribution in [2.75, 3.05) is 0 Å². The fourth-order valence-corrected chi connectivity index (χ4v) is 4.97. The van der Waals surface area contributed by atoms with Crippen molar-refractivity contribution in [3.63, 3.8) is 0 Å². The summed E-state index contributed by atoms with van der Waals surface area (Å²) in [6.45, 7) is 8.90. The van der Waals surface area contributed by atoms with E-state index < -0.39 is 0 Å². The van der Waals surface area contributed by atoms with Crippen molar-refractivity contribution in [2.45, 2.75) is 44.4 Å². The number of benzene rings is 1. The van der Waals surface area contributed by atoms with Crippen LogP contribution >= 0.6 is 50.5 Å². The first-order chi connectivity index (χ1) is 9.81. The minimum Gasteiger partial charge on any atom is -0.111 e. The van der Waals surface area contributed by atoms with Crippen LogP contribution in [0.25, 0.3) is 0 Å². The molecule has 0 bridgehead atoms. The number of hydrogen-bond acceptors (Lipinski definition) is 1. The molecule has 2 rings (SSSR count). The van der Waals surface area contributed by atoms with Crippen LogP contribution in [-0.4, -0.2) is 0 Å². The maximum Gasteiger partial charge on any atom is 0.0990 e. The van der Waals surface area contributed by atoms with Crippen LogP contribution in [0.1, 0.15) is 66.6 Å². The Labute approximate surface area is 149 Å². The maximum atomic E-state index is 6.31. The summed E-state index contributed by atoms with van der Waals surface area (Å²) in [7, 11) is 0. The zero-order chi connectivity index (χ0) is 15.7. The fourth-order valence-electron chi connectivity index (χ4n) is 2.38. The van der Waals surface area contributed by atoms with E-state index in [0.717, 1.165) is 14.2 Å². The van der Waals surface area contributed by atoms with Gasteiger partial charge in [-0.05, 0) is 34.6 Å². The summed E-state index contributed by atoms with van der Waals surface area (Å²) in [5, 5.41) is 0. The van der Waals surface area contributed by atoms with Crippen molar-refractivity contribution in [3.05, 3.63) is 55.2 Å². The third-order valence-corrected chi connectivity index (χ3v) is 6.13. The lowest BCUT2D eigenvalue weighted by molar-refractivity contribution is 0.820. The zero-order valence-electron chi connectivity index (χ0n) is 12.6. The third kappa shape index (κ3) is 3.85. The van der Waals surface area contributed by atoms with E-state index in [9.17, 15) is 0 Å². The van der Waals surface area contributed by atoms with Crippen LogP contribution in [0.15, 0.2) is 24.3 Å². The Morgan fingerprint density at radius 1 is 0.905 bits per heavy atom. The second-order valence-electron chi connectivity index (χ2n) is 5.84. The van der Waals surface area contributed by atoms with Crippen LogP contribution in [0.5, 0.6) is 0 Å². The van der Waals surface area contributed by atoms with Gasteiger partial charge in [0.05, 0.1) is 13.5 Å². The lowest BCUT2D eigenvalue weighted by Gasteiger charge is -2.20. The Morgan fingerprint density at radius 2 is 1.57 bits per heavy atom. The molecule has 0 radical (unpaired) electrons. The molecular formula is C17H19BrCl2S. The predicted molar refractivity (Wildman–Crippen MR) is 99.7 cm³/mol. The zero-order valence-corrected chi connectivity index (χ0v) is 16.5. The smallest absolute Gasteiger partial charge is 0.0990 e. The predicted octanol–water partition coefficient (Wildman–Crippen LogP) is 7.79. The van der Waals surface area contributed by atoms with Crippen molar-refractivity contribution in [1.82, 2.24) is 0 Å². The largest absolute Gasteiger partial charge is 0.111 e. The standard InChI is InChI=1S/C17H19BrCl2S/c1-9(2)11-5-6-12(13(7-11)10(3)4)16(18)14-8-15(19)21-17(14)20/h5-10,16H,1-4H3. The van der Waals surface area contributed by atoms with Gasteiger partial charge in [0.25, 0.3) is 0 Å². The van der Waals surface area contributed by atoms with Gasteiger partial charge in [-0.2, -0.15) is 0 Å². The van der Waals surface area contributed by atoms with Gasteiger partial charge in [0, 0.05) is 5.56 Å². The summed E-state index contributed by atoms with van der Waals surface area (Å²) in [4.78, 5) is 0.0763. The molecule has 0 aliphatic carbocycles. The molecular weight excluding hydrogens is 387 g/mol. The van der Waals surface area contributed by atoms with E-state index in [2.05, 4.69) is 61.8 Å². The van der Waals surface area contributed by atoms with Gasteiger partial charge in [-0.25, -0.2) is 0 Å². The lowest BCUT2D eigenvalue weighted by Crippen LogP contribution is -2.02. The Hall–Kier alpha value is -0.0200. The first-order valence-electron chi connectivity index (χ1n) is 7.03. The molecule has 1 aromatic heterocycles. The number of halogens is 3. The maximum absolute atomic E-state index is 6.31. The highest BCUT2D eigenvalue weighted by atomic mass is 79.9. The number of hydrogen-bond donors (Lipinski definition) is 0. The fraction of sp³-hybridized carbons (Fsp3) is 0.412. The van der Waals surface area contributed by atoms with Gasteiger partial charge >= 0.3 is 0 Å². The Bertz CT molecular complexity index is 632. The van der Waals surface area contributed by atoms with Gasteiger partial charge in [0.15, 0.2) is 0 Å². The molecule has 1 atom stereocenters. The first kappa shape index (κ1) is 17.3. The van der Waals surface area contributed by atoms with Gasteiger partial charge in [0.1, 0.15) is 0 Å². The van der Waals surface area contributed by atoms with Crippen molar-refractivity contribution in [2.24, 2.45) is 0 Å². The SMILES string of the molecule is CC(C)c1ccc(C(Br)c2cc(Cl)sc2Cl)c(C(C)C)c1. The van der Waals surface area contributed by atoms with E-state index in [1.165, 1.54) is 28.0 Å². The average Bonchev–Trinajstić information content (AvgIpc) is 2.76. The van der Waals surface area contributed by atoms with Gasteiger partial charge in [-0.3, -0.25) is 0 Å². The molecule has 0 saturated carbocycles. The van der Waals surface area contributed by atoms with Gasteiger partial charge in [0.2, 0.25) is 0 Å². The van der Waals surface area contributed by atoms with Crippen LogP contribution in [0.2, 0.25) is 8.67 Å². The molecule has 0 fully saturated rings. The van der Waals surface area contributed by atoms with Gasteiger partial charge in [-0.1, -0.05) is 85.0 Å². The molecule has 0 aliphatic heterocycles. The molecule has 21 heavy (non-hydrogen) atoms. The van der Waals surface area contributed by atoms with E-state index >= 15 is 0 Å². The summed E-state index contributed by atoms with van der Waals surface area (Å²) in [6.07, 6.45) is 0. The molecule has 1 aromatic carbocycles. The van der Waals surface area contributed by atoms with E-state index in [-0.39, 0.29) is 4.83 Å². The highest BCUT2D eigenvalue weighted by Crippen LogP contribution is 2.43. The Kier molecular flexibility index (Phi) is 5.81. The van der Waals surface area contributed by atoms with Crippen LogP contribution in [0.4, 0.5) is 0 Å². The summed E-state index contributed by atoms with van der Waals surface area (Å²) < 4.78 is 1.48. The van der Waals surface area contributed by atoms with Crippen LogP contribution in [0, 0.1) is 0 Å². The van der Waals surface area contributed by atoms with Crippen LogP contribution < -0.4 is 0 Å². The van der Waals surface area contributed by atoms with Crippen LogP contribution in [-0.2, 0) is 0 Å². The van der Waals surface area contributed by atoms with Gasteiger partial charge < -0.3 is 0 Å². The number of rotatable bonds is 4. The molecule has 0 amide bonds. The first-order valence-corrected chi connectivity index (χ1v) is 9.52. The summed E-state index contributed by atoms with van der Waals surface area (Å²) >= 11 is 17.6. The molecule has 4 heteroatoms.